The van der Waals surface area contributed by atoms with Gasteiger partial charge in [-0.15, -0.1) is 0 Å². The molecule has 15 heavy (non-hydrogen) atoms. The van der Waals surface area contributed by atoms with E-state index in [-0.39, 0.29) is 12.2 Å². The first-order chi connectivity index (χ1) is 7.20. The van der Waals surface area contributed by atoms with Crippen molar-refractivity contribution in [3.05, 3.63) is 35.6 Å². The Balaban J connectivity index is 2.10. The molecule has 1 aliphatic heterocycles. The van der Waals surface area contributed by atoms with Crippen molar-refractivity contribution < 1.29 is 13.5 Å². The molecule has 1 aromatic rings. The van der Waals surface area contributed by atoms with E-state index in [1.54, 1.807) is 18.2 Å². The fraction of sp³-hybridized carbons (Fsp3) is 0.500. The second-order valence-corrected chi connectivity index (χ2v) is 4.03. The fourth-order valence-electron chi connectivity index (χ4n) is 1.90. The SMILES string of the molecule is Fc1ccccc1CC1(F)CCOCC1. The van der Waals surface area contributed by atoms with Crippen LogP contribution in [0.2, 0.25) is 0 Å². The van der Waals surface area contributed by atoms with E-state index in [1.807, 2.05) is 0 Å². The minimum atomic E-state index is -1.29. The number of hydrogen-bond donors (Lipinski definition) is 0. The van der Waals surface area contributed by atoms with E-state index in [4.69, 9.17) is 4.74 Å². The molecule has 0 aromatic heterocycles. The summed E-state index contributed by atoms with van der Waals surface area (Å²) in [6.45, 7) is 0.871. The summed E-state index contributed by atoms with van der Waals surface area (Å²) in [7, 11) is 0. The second kappa shape index (κ2) is 4.27. The van der Waals surface area contributed by atoms with Crippen molar-refractivity contribution >= 4 is 0 Å². The van der Waals surface area contributed by atoms with Crippen molar-refractivity contribution in [2.24, 2.45) is 0 Å². The van der Waals surface area contributed by atoms with Crippen LogP contribution in [-0.2, 0) is 11.2 Å². The van der Waals surface area contributed by atoms with Gasteiger partial charge in [-0.1, -0.05) is 18.2 Å². The molecule has 0 radical (unpaired) electrons. The van der Waals surface area contributed by atoms with Crippen molar-refractivity contribution in [3.63, 3.8) is 0 Å². The van der Waals surface area contributed by atoms with Gasteiger partial charge in [0.1, 0.15) is 11.5 Å². The Kier molecular flexibility index (Phi) is 3.00. The topological polar surface area (TPSA) is 9.23 Å². The Labute approximate surface area is 88.1 Å². The number of hydrogen-bond acceptors (Lipinski definition) is 1. The summed E-state index contributed by atoms with van der Waals surface area (Å²) >= 11 is 0. The maximum absolute atomic E-state index is 14.2. The van der Waals surface area contributed by atoms with Gasteiger partial charge in [-0.05, 0) is 11.6 Å². The van der Waals surface area contributed by atoms with E-state index in [9.17, 15) is 8.78 Å². The standard InChI is InChI=1S/C12H14F2O/c13-11-4-2-1-3-10(11)9-12(14)5-7-15-8-6-12/h1-4H,5-9H2. The lowest BCUT2D eigenvalue weighted by Crippen LogP contribution is -2.34. The van der Waals surface area contributed by atoms with Crippen LogP contribution in [-0.4, -0.2) is 18.9 Å². The first-order valence-corrected chi connectivity index (χ1v) is 5.20. The van der Waals surface area contributed by atoms with Gasteiger partial charge in [-0.2, -0.15) is 0 Å². The van der Waals surface area contributed by atoms with Gasteiger partial charge in [0.15, 0.2) is 0 Å². The van der Waals surface area contributed by atoms with E-state index in [0.29, 0.717) is 31.6 Å². The highest BCUT2D eigenvalue weighted by Crippen LogP contribution is 2.29. The van der Waals surface area contributed by atoms with Crippen LogP contribution in [0.3, 0.4) is 0 Å². The van der Waals surface area contributed by atoms with Crippen LogP contribution in [0.4, 0.5) is 8.78 Å². The lowest BCUT2D eigenvalue weighted by atomic mass is 9.89. The smallest absolute Gasteiger partial charge is 0.126 e. The Bertz CT molecular complexity index is 332. The largest absolute Gasteiger partial charge is 0.381 e. The summed E-state index contributed by atoms with van der Waals surface area (Å²) in [4.78, 5) is 0. The molecule has 0 unspecified atom stereocenters. The van der Waals surface area contributed by atoms with Gasteiger partial charge in [0.2, 0.25) is 0 Å². The van der Waals surface area contributed by atoms with Gasteiger partial charge in [-0.3, -0.25) is 0 Å². The summed E-state index contributed by atoms with van der Waals surface area (Å²) in [5.74, 6) is -0.319. The highest BCUT2D eigenvalue weighted by molar-refractivity contribution is 5.19. The third kappa shape index (κ3) is 2.53. The van der Waals surface area contributed by atoms with Crippen molar-refractivity contribution in [2.45, 2.75) is 24.9 Å². The van der Waals surface area contributed by atoms with Gasteiger partial charge in [0.05, 0.1) is 0 Å². The molecular weight excluding hydrogens is 198 g/mol. The number of ether oxygens (including phenoxy) is 1. The average molecular weight is 212 g/mol. The maximum Gasteiger partial charge on any atom is 0.126 e. The Morgan fingerprint density at radius 1 is 1.20 bits per heavy atom. The predicted octanol–water partition coefficient (Wildman–Crippen LogP) is 2.89. The minimum Gasteiger partial charge on any atom is -0.381 e. The molecule has 3 heteroatoms. The van der Waals surface area contributed by atoms with E-state index in [1.165, 1.54) is 6.07 Å². The van der Waals surface area contributed by atoms with Crippen molar-refractivity contribution in [1.82, 2.24) is 0 Å². The highest BCUT2D eigenvalue weighted by atomic mass is 19.1. The van der Waals surface area contributed by atoms with Crippen LogP contribution < -0.4 is 0 Å². The zero-order chi connectivity index (χ0) is 10.7. The minimum absolute atomic E-state index is 0.156. The van der Waals surface area contributed by atoms with Crippen LogP contribution in [0.1, 0.15) is 18.4 Å². The van der Waals surface area contributed by atoms with Crippen molar-refractivity contribution in [3.8, 4) is 0 Å². The molecule has 0 aliphatic carbocycles. The van der Waals surface area contributed by atoms with E-state index in [0.717, 1.165) is 0 Å². The summed E-state index contributed by atoms with van der Waals surface area (Å²) in [5, 5.41) is 0. The molecular formula is C12H14F2O. The van der Waals surface area contributed by atoms with Gasteiger partial charge in [0, 0.05) is 32.5 Å². The molecule has 0 N–H and O–H groups in total. The fourth-order valence-corrected chi connectivity index (χ4v) is 1.90. The van der Waals surface area contributed by atoms with Crippen LogP contribution in [0.5, 0.6) is 0 Å². The van der Waals surface area contributed by atoms with E-state index >= 15 is 0 Å². The van der Waals surface area contributed by atoms with E-state index in [2.05, 4.69) is 0 Å². The molecule has 0 bridgehead atoms. The van der Waals surface area contributed by atoms with Gasteiger partial charge in [0.25, 0.3) is 0 Å². The van der Waals surface area contributed by atoms with Crippen molar-refractivity contribution in [1.29, 1.82) is 0 Å². The maximum atomic E-state index is 14.2. The van der Waals surface area contributed by atoms with Gasteiger partial charge >= 0.3 is 0 Å². The molecule has 0 saturated carbocycles. The molecule has 0 atom stereocenters. The zero-order valence-electron chi connectivity index (χ0n) is 8.51. The molecule has 1 nitrogen and oxygen atoms in total. The summed E-state index contributed by atoms with van der Waals surface area (Å²) in [6, 6.07) is 6.37. The number of benzene rings is 1. The zero-order valence-corrected chi connectivity index (χ0v) is 8.51. The second-order valence-electron chi connectivity index (χ2n) is 4.03. The molecule has 2 rings (SSSR count). The quantitative estimate of drug-likeness (QED) is 0.732. The molecule has 0 amide bonds. The number of halogens is 2. The Hall–Kier alpha value is -0.960. The first kappa shape index (κ1) is 10.6. The molecule has 1 saturated heterocycles. The normalized spacial score (nSPS) is 20.1. The lowest BCUT2D eigenvalue weighted by molar-refractivity contribution is -0.00855. The molecule has 1 aliphatic rings. The molecule has 1 aromatic carbocycles. The molecule has 82 valence electrons. The number of rotatable bonds is 2. The lowest BCUT2D eigenvalue weighted by Gasteiger charge is -2.29. The monoisotopic (exact) mass is 212 g/mol. The summed E-state index contributed by atoms with van der Waals surface area (Å²) in [5.41, 5.74) is -0.831. The molecule has 1 fully saturated rings. The van der Waals surface area contributed by atoms with Gasteiger partial charge in [-0.25, -0.2) is 8.78 Å². The van der Waals surface area contributed by atoms with Crippen LogP contribution in [0, 0.1) is 5.82 Å². The third-order valence-corrected chi connectivity index (χ3v) is 2.85. The number of alkyl halides is 1. The molecule has 1 heterocycles. The Morgan fingerprint density at radius 3 is 2.53 bits per heavy atom. The van der Waals surface area contributed by atoms with Crippen molar-refractivity contribution in [2.75, 3.05) is 13.2 Å². The third-order valence-electron chi connectivity index (χ3n) is 2.85. The summed E-state index contributed by atoms with van der Waals surface area (Å²) < 4.78 is 32.6. The predicted molar refractivity (Wildman–Crippen MR) is 54.0 cm³/mol. The highest BCUT2D eigenvalue weighted by Gasteiger charge is 2.33. The van der Waals surface area contributed by atoms with E-state index < -0.39 is 5.67 Å². The molecule has 0 spiro atoms. The first-order valence-electron chi connectivity index (χ1n) is 5.20. The summed E-state index contributed by atoms with van der Waals surface area (Å²) in [6.07, 6.45) is 0.881. The van der Waals surface area contributed by atoms with Crippen LogP contribution in [0.15, 0.2) is 24.3 Å². The van der Waals surface area contributed by atoms with Crippen LogP contribution >= 0.6 is 0 Å². The van der Waals surface area contributed by atoms with Crippen LogP contribution in [0.25, 0.3) is 0 Å². The van der Waals surface area contributed by atoms with Gasteiger partial charge < -0.3 is 4.74 Å². The average Bonchev–Trinajstić information content (AvgIpc) is 2.22. The Morgan fingerprint density at radius 2 is 1.87 bits per heavy atom.